The zero-order valence-electron chi connectivity index (χ0n) is 13.1. The lowest BCUT2D eigenvalue weighted by Gasteiger charge is -2.43. The van der Waals surface area contributed by atoms with E-state index in [4.69, 9.17) is 10.5 Å². The predicted molar refractivity (Wildman–Crippen MR) is 77.2 cm³/mol. The van der Waals surface area contributed by atoms with Crippen LogP contribution in [0.1, 0.15) is 41.0 Å². The molecule has 1 aliphatic rings. The van der Waals surface area contributed by atoms with E-state index in [1.54, 1.807) is 4.90 Å². The molecule has 0 aromatic heterocycles. The van der Waals surface area contributed by atoms with Gasteiger partial charge in [-0.05, 0) is 40.0 Å². The minimum Gasteiger partial charge on any atom is -0.444 e. The van der Waals surface area contributed by atoms with E-state index in [1.807, 2.05) is 27.7 Å². The van der Waals surface area contributed by atoms with Crippen molar-refractivity contribution in [3.63, 3.8) is 0 Å². The predicted octanol–water partition coefficient (Wildman–Crippen LogP) is 1.10. The quantitative estimate of drug-likeness (QED) is 0.813. The SMILES string of the molecule is C[C@@H]1CCN(C(=O)OC(C)(C)C)[C@H](C)[C@@H]1NCC(N)=O. The largest absolute Gasteiger partial charge is 0.444 e. The summed E-state index contributed by atoms with van der Waals surface area (Å²) < 4.78 is 5.42. The van der Waals surface area contributed by atoms with Gasteiger partial charge in [-0.1, -0.05) is 6.92 Å². The molecule has 3 N–H and O–H groups in total. The Hall–Kier alpha value is -1.30. The number of hydrogen-bond acceptors (Lipinski definition) is 4. The highest BCUT2D eigenvalue weighted by atomic mass is 16.6. The second-order valence-corrected chi connectivity index (χ2v) is 6.55. The number of piperidine rings is 1. The first-order valence-electron chi connectivity index (χ1n) is 7.13. The highest BCUT2D eigenvalue weighted by Crippen LogP contribution is 2.24. The highest BCUT2D eigenvalue weighted by Gasteiger charge is 2.37. The fourth-order valence-corrected chi connectivity index (χ4v) is 2.56. The van der Waals surface area contributed by atoms with E-state index in [0.29, 0.717) is 12.5 Å². The lowest BCUT2D eigenvalue weighted by atomic mass is 9.87. The molecule has 1 aliphatic heterocycles. The van der Waals surface area contributed by atoms with Crippen LogP contribution in [0.5, 0.6) is 0 Å². The number of carbonyl (C=O) groups is 2. The van der Waals surface area contributed by atoms with Gasteiger partial charge in [-0.2, -0.15) is 0 Å². The van der Waals surface area contributed by atoms with Gasteiger partial charge >= 0.3 is 6.09 Å². The second kappa shape index (κ2) is 6.43. The Bertz CT molecular complexity index is 365. The number of nitrogens with two attached hydrogens (primary N) is 1. The standard InChI is InChI=1S/C14H27N3O3/c1-9-6-7-17(13(19)20-14(3,4)5)10(2)12(9)16-8-11(15)18/h9-10,12,16H,6-8H2,1-5H3,(H2,15,18)/t9-,10-,12-/m1/s1. The maximum absolute atomic E-state index is 12.2. The van der Waals surface area contributed by atoms with E-state index in [1.165, 1.54) is 0 Å². The molecule has 1 heterocycles. The normalized spacial score (nSPS) is 27.2. The Morgan fingerprint density at radius 3 is 2.45 bits per heavy atom. The molecule has 0 spiro atoms. The van der Waals surface area contributed by atoms with Gasteiger partial charge < -0.3 is 20.7 Å². The zero-order valence-corrected chi connectivity index (χ0v) is 13.1. The van der Waals surface area contributed by atoms with Crippen LogP contribution in [0.2, 0.25) is 0 Å². The molecule has 0 unspecified atom stereocenters. The fourth-order valence-electron chi connectivity index (χ4n) is 2.56. The third-order valence-electron chi connectivity index (χ3n) is 3.59. The van der Waals surface area contributed by atoms with Gasteiger partial charge in [0.15, 0.2) is 0 Å². The molecule has 116 valence electrons. The van der Waals surface area contributed by atoms with Crippen molar-refractivity contribution in [3.05, 3.63) is 0 Å². The number of nitrogens with one attached hydrogen (secondary N) is 1. The summed E-state index contributed by atoms with van der Waals surface area (Å²) in [6.45, 7) is 10.4. The molecule has 3 atom stereocenters. The third-order valence-corrected chi connectivity index (χ3v) is 3.59. The number of hydrogen-bond donors (Lipinski definition) is 2. The van der Waals surface area contributed by atoms with Gasteiger partial charge in [0.05, 0.1) is 6.54 Å². The molecule has 2 amide bonds. The molecular formula is C14H27N3O3. The van der Waals surface area contributed by atoms with Crippen molar-refractivity contribution in [1.29, 1.82) is 0 Å². The van der Waals surface area contributed by atoms with E-state index in [-0.39, 0.29) is 24.7 Å². The van der Waals surface area contributed by atoms with Gasteiger partial charge in [0.25, 0.3) is 0 Å². The summed E-state index contributed by atoms with van der Waals surface area (Å²) in [4.78, 5) is 24.8. The first-order chi connectivity index (χ1) is 9.11. The van der Waals surface area contributed by atoms with Crippen molar-refractivity contribution in [1.82, 2.24) is 10.2 Å². The average Bonchev–Trinajstić information content (AvgIpc) is 2.25. The smallest absolute Gasteiger partial charge is 0.410 e. The van der Waals surface area contributed by atoms with Crippen molar-refractivity contribution >= 4 is 12.0 Å². The Labute approximate surface area is 121 Å². The Morgan fingerprint density at radius 1 is 1.35 bits per heavy atom. The van der Waals surface area contributed by atoms with Gasteiger partial charge in [0, 0.05) is 18.6 Å². The van der Waals surface area contributed by atoms with Gasteiger partial charge in [-0.3, -0.25) is 4.79 Å². The number of nitrogens with zero attached hydrogens (tertiary/aromatic N) is 1. The maximum Gasteiger partial charge on any atom is 0.410 e. The van der Waals surface area contributed by atoms with Gasteiger partial charge in [-0.25, -0.2) is 4.79 Å². The van der Waals surface area contributed by atoms with Crippen LogP contribution >= 0.6 is 0 Å². The van der Waals surface area contributed by atoms with Crippen molar-refractivity contribution in [3.8, 4) is 0 Å². The molecule has 1 rings (SSSR count). The minimum atomic E-state index is -0.504. The summed E-state index contributed by atoms with van der Waals surface area (Å²) in [5.74, 6) is -0.0122. The van der Waals surface area contributed by atoms with Crippen molar-refractivity contribution in [2.24, 2.45) is 11.7 Å². The van der Waals surface area contributed by atoms with E-state index >= 15 is 0 Å². The lowest BCUT2D eigenvalue weighted by molar-refractivity contribution is -0.117. The molecule has 0 aromatic rings. The summed E-state index contributed by atoms with van der Waals surface area (Å²) in [6.07, 6.45) is 0.572. The molecule has 6 nitrogen and oxygen atoms in total. The number of carbonyl (C=O) groups excluding carboxylic acids is 2. The van der Waals surface area contributed by atoms with Crippen LogP contribution in [-0.2, 0) is 9.53 Å². The molecule has 0 aliphatic carbocycles. The van der Waals surface area contributed by atoms with Gasteiger partial charge in [0.2, 0.25) is 5.91 Å². The number of ether oxygens (including phenoxy) is 1. The summed E-state index contributed by atoms with van der Waals surface area (Å²) in [5.41, 5.74) is 4.67. The minimum absolute atomic E-state index is 0.0343. The lowest BCUT2D eigenvalue weighted by Crippen LogP contribution is -2.59. The molecule has 0 saturated carbocycles. The Kier molecular flexibility index (Phi) is 5.39. The number of rotatable bonds is 3. The molecule has 6 heteroatoms. The van der Waals surface area contributed by atoms with Crippen LogP contribution in [0, 0.1) is 5.92 Å². The molecule has 1 saturated heterocycles. The van der Waals surface area contributed by atoms with Crippen LogP contribution in [0.3, 0.4) is 0 Å². The summed E-state index contributed by atoms with van der Waals surface area (Å²) in [5, 5.41) is 3.14. The third kappa shape index (κ3) is 4.67. The fraction of sp³-hybridized carbons (Fsp3) is 0.857. The molecule has 1 fully saturated rings. The number of amides is 2. The zero-order chi connectivity index (χ0) is 15.5. The van der Waals surface area contributed by atoms with Crippen LogP contribution in [-0.4, -0.2) is 47.7 Å². The Balaban J connectivity index is 2.70. The van der Waals surface area contributed by atoms with E-state index in [0.717, 1.165) is 6.42 Å². The molecule has 20 heavy (non-hydrogen) atoms. The summed E-state index contributed by atoms with van der Waals surface area (Å²) in [6, 6.07) is 0.0109. The topological polar surface area (TPSA) is 84.7 Å². The first-order valence-corrected chi connectivity index (χ1v) is 7.13. The molecule has 0 aromatic carbocycles. The molecule has 0 bridgehead atoms. The summed E-state index contributed by atoms with van der Waals surface area (Å²) in [7, 11) is 0. The van der Waals surface area contributed by atoms with Gasteiger partial charge in [0.1, 0.15) is 5.60 Å². The van der Waals surface area contributed by atoms with Crippen molar-refractivity contribution in [2.75, 3.05) is 13.1 Å². The van der Waals surface area contributed by atoms with E-state index < -0.39 is 11.5 Å². The van der Waals surface area contributed by atoms with E-state index in [2.05, 4.69) is 12.2 Å². The van der Waals surface area contributed by atoms with Gasteiger partial charge in [-0.15, -0.1) is 0 Å². The number of likely N-dealkylation sites (tertiary alicyclic amines) is 1. The summed E-state index contributed by atoms with van der Waals surface area (Å²) >= 11 is 0. The van der Waals surface area contributed by atoms with Crippen molar-refractivity contribution < 1.29 is 14.3 Å². The first kappa shape index (κ1) is 16.8. The maximum atomic E-state index is 12.2. The van der Waals surface area contributed by atoms with Crippen molar-refractivity contribution in [2.45, 2.75) is 58.7 Å². The average molecular weight is 285 g/mol. The van der Waals surface area contributed by atoms with Crippen LogP contribution in [0.15, 0.2) is 0 Å². The van der Waals surface area contributed by atoms with Crippen LogP contribution in [0.4, 0.5) is 4.79 Å². The second-order valence-electron chi connectivity index (χ2n) is 6.55. The Morgan fingerprint density at radius 2 is 1.95 bits per heavy atom. The molecular weight excluding hydrogens is 258 g/mol. The highest BCUT2D eigenvalue weighted by molar-refractivity contribution is 5.76. The van der Waals surface area contributed by atoms with E-state index in [9.17, 15) is 9.59 Å². The van der Waals surface area contributed by atoms with Crippen LogP contribution in [0.25, 0.3) is 0 Å². The molecule has 0 radical (unpaired) electrons. The van der Waals surface area contributed by atoms with Crippen LogP contribution < -0.4 is 11.1 Å². The number of primary amides is 1. The monoisotopic (exact) mass is 285 g/mol.